The molecular formula is C23H22N4O. The van der Waals surface area contributed by atoms with E-state index in [-0.39, 0.29) is 5.56 Å². The number of aromatic nitrogens is 3. The Morgan fingerprint density at radius 2 is 1.93 bits per heavy atom. The van der Waals surface area contributed by atoms with E-state index in [9.17, 15) is 4.79 Å². The highest BCUT2D eigenvalue weighted by atomic mass is 16.1. The molecule has 0 atom stereocenters. The third kappa shape index (κ3) is 2.94. The van der Waals surface area contributed by atoms with Gasteiger partial charge in [-0.2, -0.15) is 0 Å². The summed E-state index contributed by atoms with van der Waals surface area (Å²) in [7, 11) is 0. The molecule has 0 saturated heterocycles. The third-order valence-electron chi connectivity index (χ3n) is 5.49. The van der Waals surface area contributed by atoms with E-state index in [0.29, 0.717) is 0 Å². The number of rotatable bonds is 2. The van der Waals surface area contributed by atoms with Gasteiger partial charge in [0.2, 0.25) is 0 Å². The molecule has 0 fully saturated rings. The summed E-state index contributed by atoms with van der Waals surface area (Å²) in [5, 5.41) is 4.70. The predicted molar refractivity (Wildman–Crippen MR) is 112 cm³/mol. The van der Waals surface area contributed by atoms with Crippen molar-refractivity contribution in [3.63, 3.8) is 0 Å². The van der Waals surface area contributed by atoms with Crippen LogP contribution in [-0.4, -0.2) is 27.6 Å². The molecule has 0 saturated carbocycles. The van der Waals surface area contributed by atoms with Crippen LogP contribution in [0.3, 0.4) is 0 Å². The molecule has 0 unspecified atom stereocenters. The monoisotopic (exact) mass is 370 g/mol. The first-order valence-electron chi connectivity index (χ1n) is 9.69. The summed E-state index contributed by atoms with van der Waals surface area (Å²) in [5.41, 5.74) is 7.37. The Morgan fingerprint density at radius 1 is 1.04 bits per heavy atom. The van der Waals surface area contributed by atoms with Crippen LogP contribution in [-0.2, 0) is 12.8 Å². The molecular weight excluding hydrogens is 348 g/mol. The predicted octanol–water partition coefficient (Wildman–Crippen LogP) is 3.38. The van der Waals surface area contributed by atoms with E-state index in [0.717, 1.165) is 54.0 Å². The van der Waals surface area contributed by atoms with E-state index in [4.69, 9.17) is 0 Å². The molecule has 4 aromatic rings. The zero-order chi connectivity index (χ0) is 19.1. The normalized spacial score (nSPS) is 14.0. The molecule has 0 aliphatic carbocycles. The van der Waals surface area contributed by atoms with Gasteiger partial charge in [0.05, 0.1) is 11.4 Å². The van der Waals surface area contributed by atoms with E-state index >= 15 is 0 Å². The second-order valence-corrected chi connectivity index (χ2v) is 7.41. The Bertz CT molecular complexity index is 1220. The molecule has 0 bridgehead atoms. The van der Waals surface area contributed by atoms with Crippen LogP contribution >= 0.6 is 0 Å². The lowest BCUT2D eigenvalue weighted by Crippen LogP contribution is -2.17. The van der Waals surface area contributed by atoms with Gasteiger partial charge in [0.25, 0.3) is 5.56 Å². The van der Waals surface area contributed by atoms with Crippen molar-refractivity contribution >= 4 is 10.9 Å². The van der Waals surface area contributed by atoms with Crippen LogP contribution in [0.1, 0.15) is 16.8 Å². The maximum absolute atomic E-state index is 12.8. The van der Waals surface area contributed by atoms with Crippen molar-refractivity contribution in [1.29, 1.82) is 0 Å². The summed E-state index contributed by atoms with van der Waals surface area (Å²) in [4.78, 5) is 20.8. The number of benzene rings is 1. The number of fused-ring (bicyclic) bond motifs is 3. The maximum atomic E-state index is 12.8. The number of nitrogens with one attached hydrogen (secondary N) is 2. The van der Waals surface area contributed by atoms with Crippen molar-refractivity contribution in [2.24, 2.45) is 0 Å². The van der Waals surface area contributed by atoms with Crippen LogP contribution in [0.2, 0.25) is 0 Å². The molecule has 2 N–H and O–H groups in total. The standard InChI is InChI=1S/C23H22N4O/c1-15-2-5-20(25-14-15)16-8-11-27(23(28)12-16)17-3-4-18-19-6-9-24-10-7-21(19)26-22(18)13-17/h2-5,8,11-14,24,26H,6-7,9-10H2,1H3. The van der Waals surface area contributed by atoms with Crippen molar-refractivity contribution in [3.8, 4) is 16.9 Å². The molecule has 0 radical (unpaired) electrons. The van der Waals surface area contributed by atoms with Gasteiger partial charge in [-0.15, -0.1) is 0 Å². The first-order valence-corrected chi connectivity index (χ1v) is 9.69. The number of nitrogens with zero attached hydrogens (tertiary/aromatic N) is 2. The smallest absolute Gasteiger partial charge is 0.255 e. The Balaban J connectivity index is 1.54. The van der Waals surface area contributed by atoms with Gasteiger partial charge in [-0.3, -0.25) is 14.3 Å². The average Bonchev–Trinajstić information content (AvgIpc) is 2.88. The summed E-state index contributed by atoms with van der Waals surface area (Å²) < 4.78 is 1.69. The first-order chi connectivity index (χ1) is 13.7. The Labute approximate surface area is 163 Å². The fourth-order valence-corrected chi connectivity index (χ4v) is 3.99. The average molecular weight is 370 g/mol. The van der Waals surface area contributed by atoms with E-state index in [1.54, 1.807) is 10.6 Å². The summed E-state index contributed by atoms with van der Waals surface area (Å²) in [6, 6.07) is 13.8. The Hall–Kier alpha value is -3.18. The van der Waals surface area contributed by atoms with Crippen molar-refractivity contribution in [2.75, 3.05) is 13.1 Å². The van der Waals surface area contributed by atoms with Crippen LogP contribution in [0.25, 0.3) is 27.8 Å². The van der Waals surface area contributed by atoms with Gasteiger partial charge in [0.1, 0.15) is 0 Å². The summed E-state index contributed by atoms with van der Waals surface area (Å²) >= 11 is 0. The van der Waals surface area contributed by atoms with Crippen molar-refractivity contribution < 1.29 is 0 Å². The van der Waals surface area contributed by atoms with E-state index < -0.39 is 0 Å². The van der Waals surface area contributed by atoms with Crippen molar-refractivity contribution in [1.82, 2.24) is 19.9 Å². The van der Waals surface area contributed by atoms with Gasteiger partial charge < -0.3 is 10.3 Å². The molecule has 140 valence electrons. The second kappa shape index (κ2) is 6.77. The van der Waals surface area contributed by atoms with Gasteiger partial charge in [0.15, 0.2) is 0 Å². The summed E-state index contributed by atoms with van der Waals surface area (Å²) in [6.07, 6.45) is 5.70. The zero-order valence-electron chi connectivity index (χ0n) is 15.8. The largest absolute Gasteiger partial charge is 0.358 e. The number of aryl methyl sites for hydroxylation is 1. The highest BCUT2D eigenvalue weighted by Crippen LogP contribution is 2.26. The van der Waals surface area contributed by atoms with Crippen LogP contribution in [0.4, 0.5) is 0 Å². The lowest BCUT2D eigenvalue weighted by atomic mass is 10.1. The maximum Gasteiger partial charge on any atom is 0.255 e. The molecule has 4 heterocycles. The van der Waals surface area contributed by atoms with Crippen LogP contribution in [0.5, 0.6) is 0 Å². The molecule has 28 heavy (non-hydrogen) atoms. The van der Waals surface area contributed by atoms with Gasteiger partial charge in [-0.05, 0) is 55.3 Å². The van der Waals surface area contributed by atoms with Crippen LogP contribution in [0, 0.1) is 6.92 Å². The lowest BCUT2D eigenvalue weighted by molar-refractivity contribution is 0.708. The van der Waals surface area contributed by atoms with Gasteiger partial charge >= 0.3 is 0 Å². The molecule has 5 heteroatoms. The van der Waals surface area contributed by atoms with Crippen molar-refractivity contribution in [2.45, 2.75) is 19.8 Å². The second-order valence-electron chi connectivity index (χ2n) is 7.41. The molecule has 5 rings (SSSR count). The number of pyridine rings is 2. The van der Waals surface area contributed by atoms with Gasteiger partial charge in [0, 0.05) is 53.6 Å². The Morgan fingerprint density at radius 3 is 2.75 bits per heavy atom. The molecule has 0 spiro atoms. The number of aromatic amines is 1. The third-order valence-corrected chi connectivity index (χ3v) is 5.49. The quantitative estimate of drug-likeness (QED) is 0.569. The molecule has 5 nitrogen and oxygen atoms in total. The zero-order valence-corrected chi connectivity index (χ0v) is 15.8. The van der Waals surface area contributed by atoms with Gasteiger partial charge in [-0.25, -0.2) is 0 Å². The number of H-pyrrole nitrogens is 1. The number of hydrogen-bond acceptors (Lipinski definition) is 3. The molecule has 3 aromatic heterocycles. The SMILES string of the molecule is Cc1ccc(-c2ccn(-c3ccc4c5c([nH]c4c3)CCNCC5)c(=O)c2)nc1. The fourth-order valence-electron chi connectivity index (χ4n) is 3.99. The summed E-state index contributed by atoms with van der Waals surface area (Å²) in [6.45, 7) is 4.01. The fraction of sp³-hybridized carbons (Fsp3) is 0.217. The van der Waals surface area contributed by atoms with Crippen LogP contribution in [0.15, 0.2) is 59.7 Å². The topological polar surface area (TPSA) is 62.7 Å². The number of hydrogen-bond donors (Lipinski definition) is 2. The minimum Gasteiger partial charge on any atom is -0.358 e. The van der Waals surface area contributed by atoms with Crippen molar-refractivity contribution in [3.05, 3.63) is 82.0 Å². The molecule has 0 amide bonds. The summed E-state index contributed by atoms with van der Waals surface area (Å²) in [5.74, 6) is 0. The van der Waals surface area contributed by atoms with E-state index in [2.05, 4.69) is 27.4 Å². The molecule has 1 aliphatic heterocycles. The highest BCUT2D eigenvalue weighted by molar-refractivity contribution is 5.86. The molecule has 1 aromatic carbocycles. The molecule has 1 aliphatic rings. The minimum atomic E-state index is -0.0588. The minimum absolute atomic E-state index is 0.0588. The van der Waals surface area contributed by atoms with E-state index in [1.807, 2.05) is 43.6 Å². The highest BCUT2D eigenvalue weighted by Gasteiger charge is 2.14. The lowest BCUT2D eigenvalue weighted by Gasteiger charge is -2.08. The first kappa shape index (κ1) is 17.0. The Kier molecular flexibility index (Phi) is 4.10. The van der Waals surface area contributed by atoms with Gasteiger partial charge in [-0.1, -0.05) is 12.1 Å². The van der Waals surface area contributed by atoms with E-state index in [1.165, 1.54) is 16.6 Å². The van der Waals surface area contributed by atoms with Crippen LogP contribution < -0.4 is 10.9 Å².